The Morgan fingerprint density at radius 3 is 1.85 bits per heavy atom. The summed E-state index contributed by atoms with van der Waals surface area (Å²) in [6.45, 7) is 8.22. The van der Waals surface area contributed by atoms with Gasteiger partial charge >= 0.3 is 7.52 Å². The second-order valence-electron chi connectivity index (χ2n) is 6.54. The van der Waals surface area contributed by atoms with Gasteiger partial charge in [0.15, 0.2) is 11.5 Å². The highest BCUT2D eigenvalue weighted by Gasteiger charge is 2.26. The summed E-state index contributed by atoms with van der Waals surface area (Å²) in [6, 6.07) is 3.74. The summed E-state index contributed by atoms with van der Waals surface area (Å²) < 4.78 is 52.6. The molecule has 0 aromatic heterocycles. The van der Waals surface area contributed by atoms with E-state index in [2.05, 4.69) is 4.61 Å². The number of rotatable bonds is 22. The maximum atomic E-state index is 12.9. The van der Waals surface area contributed by atoms with E-state index in [-0.39, 0.29) is 43.2 Å². The number of nitro benzene ring substituents is 1. The zero-order valence-electron chi connectivity index (χ0n) is 19.6. The van der Waals surface area contributed by atoms with Crippen LogP contribution >= 0.6 is 19.3 Å². The van der Waals surface area contributed by atoms with Crippen molar-refractivity contribution in [2.24, 2.45) is 0 Å². The van der Waals surface area contributed by atoms with Gasteiger partial charge in [0.25, 0.3) is 5.69 Å². The summed E-state index contributed by atoms with van der Waals surface area (Å²) in [5.74, 6) is 0.171. The van der Waals surface area contributed by atoms with Gasteiger partial charge in [0.1, 0.15) is 0 Å². The summed E-state index contributed by atoms with van der Waals surface area (Å²) in [4.78, 5) is 10.4. The summed E-state index contributed by atoms with van der Waals surface area (Å²) >= 11 is 5.64. The lowest BCUT2D eigenvalue weighted by Crippen LogP contribution is -2.15. The molecule has 12 nitrogen and oxygen atoms in total. The predicted octanol–water partition coefficient (Wildman–Crippen LogP) is 3.41. The van der Waals surface area contributed by atoms with Crippen molar-refractivity contribution < 1.29 is 42.4 Å². The van der Waals surface area contributed by atoms with Crippen LogP contribution in [0.2, 0.25) is 0 Å². The Kier molecular flexibility index (Phi) is 16.9. The van der Waals surface area contributed by atoms with E-state index < -0.39 is 12.4 Å². The van der Waals surface area contributed by atoms with E-state index in [9.17, 15) is 14.7 Å². The Morgan fingerprint density at radius 1 is 0.853 bits per heavy atom. The second kappa shape index (κ2) is 18.8. The topological polar surface area (TPSA) is 137 Å². The normalized spacial score (nSPS) is 12.9. The molecule has 0 aliphatic carbocycles. The number of hydrogen-bond acceptors (Lipinski definition) is 10. The Balaban J connectivity index is 2.21. The van der Waals surface area contributed by atoms with Crippen molar-refractivity contribution in [1.29, 1.82) is 0 Å². The quantitative estimate of drug-likeness (QED) is 0.0779. The van der Waals surface area contributed by atoms with Gasteiger partial charge in [-0.2, -0.15) is 0 Å². The van der Waals surface area contributed by atoms with Gasteiger partial charge in [-0.1, -0.05) is 0 Å². The Labute approximate surface area is 204 Å². The average Bonchev–Trinajstić information content (AvgIpc) is 2.82. The molecule has 0 heterocycles. The number of nitrogens with zero attached hydrogens (tertiary/aromatic N) is 1. The first-order valence-electron chi connectivity index (χ1n) is 10.9. The fourth-order valence-electron chi connectivity index (χ4n) is 2.43. The standard InChI is InChI=1S/C20H34ClN2O10P/c1-3-27-7-8-28-9-10-29-11-12-30-13-14-31-15-16-34(26,22-21)33-19-6-5-18(23(24)25)17-20(19)32-4-2/h5-6,17H,3-4,7-16H2,1-2H3,(H,22,26). The van der Waals surface area contributed by atoms with Crippen LogP contribution in [0.5, 0.6) is 11.5 Å². The van der Waals surface area contributed by atoms with E-state index in [1.807, 2.05) is 6.92 Å². The van der Waals surface area contributed by atoms with E-state index in [4.69, 9.17) is 44.7 Å². The third-order valence-electron chi connectivity index (χ3n) is 4.03. The molecule has 0 radical (unpaired) electrons. The first-order chi connectivity index (χ1) is 16.5. The molecule has 0 aliphatic rings. The maximum absolute atomic E-state index is 12.9. The molecule has 1 aromatic carbocycles. The van der Waals surface area contributed by atoms with Gasteiger partial charge in [0.05, 0.1) is 83.2 Å². The van der Waals surface area contributed by atoms with Crippen LogP contribution in [-0.2, 0) is 28.2 Å². The zero-order valence-corrected chi connectivity index (χ0v) is 21.2. The third-order valence-corrected chi connectivity index (χ3v) is 6.33. The fraction of sp³-hybridized carbons (Fsp3) is 0.700. The molecule has 1 aromatic rings. The molecule has 0 amide bonds. The van der Waals surface area contributed by atoms with Crippen LogP contribution in [-0.4, -0.2) is 83.8 Å². The molecular formula is C20H34ClN2O10P. The van der Waals surface area contributed by atoms with Crippen LogP contribution in [0.3, 0.4) is 0 Å². The van der Waals surface area contributed by atoms with Crippen molar-refractivity contribution >= 4 is 25.0 Å². The molecule has 1 N–H and O–H groups in total. The zero-order chi connectivity index (χ0) is 25.1. The first-order valence-corrected chi connectivity index (χ1v) is 13.1. The van der Waals surface area contributed by atoms with Gasteiger partial charge in [-0.05, 0) is 31.7 Å². The predicted molar refractivity (Wildman–Crippen MR) is 126 cm³/mol. The maximum Gasteiger partial charge on any atom is 0.332 e. The first kappa shape index (κ1) is 30.5. The number of hydrogen-bond donors (Lipinski definition) is 1. The van der Waals surface area contributed by atoms with Crippen molar-refractivity contribution in [1.82, 2.24) is 4.61 Å². The molecule has 1 rings (SSSR count). The molecule has 0 bridgehead atoms. The molecule has 196 valence electrons. The van der Waals surface area contributed by atoms with Crippen molar-refractivity contribution in [3.05, 3.63) is 28.3 Å². The highest BCUT2D eigenvalue weighted by molar-refractivity contribution is 7.58. The Bertz CT molecular complexity index is 743. The number of nitrogens with one attached hydrogen (secondary N) is 1. The summed E-state index contributed by atoms with van der Waals surface area (Å²) in [7, 11) is -3.54. The van der Waals surface area contributed by atoms with Crippen LogP contribution in [0.15, 0.2) is 18.2 Å². The summed E-state index contributed by atoms with van der Waals surface area (Å²) in [6.07, 6.45) is -0.0363. The summed E-state index contributed by atoms with van der Waals surface area (Å²) in [5, 5.41) is 11.0. The second-order valence-corrected chi connectivity index (χ2v) is 9.19. The van der Waals surface area contributed by atoms with Gasteiger partial charge in [-0.3, -0.25) is 14.7 Å². The summed E-state index contributed by atoms with van der Waals surface area (Å²) in [5.41, 5.74) is -0.177. The van der Waals surface area contributed by atoms with Gasteiger partial charge < -0.3 is 32.9 Å². The highest BCUT2D eigenvalue weighted by atomic mass is 35.5. The molecule has 0 spiro atoms. The van der Waals surface area contributed by atoms with Crippen molar-refractivity contribution in [2.75, 3.05) is 78.8 Å². The number of ether oxygens (including phenoxy) is 6. The number of nitro groups is 1. The highest BCUT2D eigenvalue weighted by Crippen LogP contribution is 2.47. The molecule has 1 atom stereocenters. The lowest BCUT2D eigenvalue weighted by Gasteiger charge is -2.19. The van der Waals surface area contributed by atoms with Gasteiger partial charge in [-0.15, -0.1) is 4.61 Å². The Morgan fingerprint density at radius 2 is 1.38 bits per heavy atom. The lowest BCUT2D eigenvalue weighted by atomic mass is 10.3. The molecule has 0 fully saturated rings. The SMILES string of the molecule is CCOCCOCCOCCOCCOCCP(=O)(NCl)Oc1ccc([N+](=O)[O-])cc1OCC. The number of benzene rings is 1. The van der Waals surface area contributed by atoms with Gasteiger partial charge in [0.2, 0.25) is 0 Å². The van der Waals surface area contributed by atoms with Crippen molar-refractivity contribution in [3.63, 3.8) is 0 Å². The largest absolute Gasteiger partial charge is 0.490 e. The molecule has 0 aliphatic heterocycles. The molecule has 34 heavy (non-hydrogen) atoms. The monoisotopic (exact) mass is 528 g/mol. The van der Waals surface area contributed by atoms with E-state index in [0.717, 1.165) is 0 Å². The minimum absolute atomic E-state index is 0.0363. The van der Waals surface area contributed by atoms with Crippen molar-refractivity contribution in [3.8, 4) is 11.5 Å². The Hall–Kier alpha value is -1.50. The van der Waals surface area contributed by atoms with Crippen LogP contribution in [0.1, 0.15) is 13.8 Å². The van der Waals surface area contributed by atoms with Crippen molar-refractivity contribution in [2.45, 2.75) is 13.8 Å². The van der Waals surface area contributed by atoms with Crippen LogP contribution in [0.25, 0.3) is 0 Å². The van der Waals surface area contributed by atoms with E-state index in [1.54, 1.807) is 6.92 Å². The van der Waals surface area contributed by atoms with Gasteiger partial charge in [-0.25, -0.2) is 0 Å². The molecule has 0 saturated heterocycles. The number of non-ortho nitro benzene ring substituents is 1. The van der Waals surface area contributed by atoms with Crippen LogP contribution in [0, 0.1) is 10.1 Å². The number of halogens is 1. The van der Waals surface area contributed by atoms with Crippen LogP contribution < -0.4 is 13.9 Å². The van der Waals surface area contributed by atoms with E-state index in [0.29, 0.717) is 52.9 Å². The molecule has 1 unspecified atom stereocenters. The fourth-order valence-corrected chi connectivity index (χ4v) is 3.83. The van der Waals surface area contributed by atoms with Crippen LogP contribution in [0.4, 0.5) is 5.69 Å². The smallest absolute Gasteiger partial charge is 0.332 e. The lowest BCUT2D eigenvalue weighted by molar-refractivity contribution is -0.385. The molecular weight excluding hydrogens is 495 g/mol. The van der Waals surface area contributed by atoms with Gasteiger partial charge in [0, 0.05) is 12.7 Å². The van der Waals surface area contributed by atoms with E-state index in [1.165, 1.54) is 18.2 Å². The minimum atomic E-state index is -3.54. The molecule has 0 saturated carbocycles. The minimum Gasteiger partial charge on any atom is -0.490 e. The molecule has 14 heteroatoms. The van der Waals surface area contributed by atoms with E-state index >= 15 is 0 Å². The third kappa shape index (κ3) is 13.4. The average molecular weight is 529 g/mol.